The van der Waals surface area contributed by atoms with Crippen LogP contribution in [-0.4, -0.2) is 55.7 Å². The molecule has 180 valence electrons. The summed E-state index contributed by atoms with van der Waals surface area (Å²) < 4.78 is 111. The predicted molar refractivity (Wildman–Crippen MR) is 115 cm³/mol. The number of benzene rings is 1. The summed E-state index contributed by atoms with van der Waals surface area (Å²) in [6.07, 6.45) is -10.6. The molecule has 0 amide bonds. The SMILES string of the molecule is C=C(C)C(=O)OCCOc1c(I)cc(I)cc1C(=O)OC(C(F)(F)F)C(F)(F)S(=O)(=O)O. The molecule has 0 aliphatic rings. The molecule has 0 radical (unpaired) electrons. The third kappa shape index (κ3) is 7.37. The first-order valence-electron chi connectivity index (χ1n) is 7.96. The maximum Gasteiger partial charge on any atom is 0.432 e. The molecular formula is C16H13F5I2O8S. The Morgan fingerprint density at radius 3 is 2.19 bits per heavy atom. The highest BCUT2D eigenvalue weighted by atomic mass is 127. The summed E-state index contributed by atoms with van der Waals surface area (Å²) in [5, 5.41) is -5.88. The topological polar surface area (TPSA) is 116 Å². The molecule has 1 atom stereocenters. The van der Waals surface area contributed by atoms with E-state index in [1.807, 2.05) is 0 Å². The highest BCUT2D eigenvalue weighted by molar-refractivity contribution is 14.1. The molecule has 0 spiro atoms. The van der Waals surface area contributed by atoms with Gasteiger partial charge in [0.05, 0.1) is 3.57 Å². The van der Waals surface area contributed by atoms with Gasteiger partial charge in [0.1, 0.15) is 24.5 Å². The number of carbonyl (C=O) groups is 2. The zero-order chi connectivity index (χ0) is 25.1. The number of alkyl halides is 5. The van der Waals surface area contributed by atoms with Crippen molar-refractivity contribution in [3.8, 4) is 5.75 Å². The van der Waals surface area contributed by atoms with E-state index in [1.54, 1.807) is 45.2 Å². The van der Waals surface area contributed by atoms with E-state index in [-0.39, 0.29) is 25.9 Å². The highest BCUT2D eigenvalue weighted by Gasteiger charge is 2.66. The summed E-state index contributed by atoms with van der Waals surface area (Å²) in [5.74, 6) is -3.15. The molecule has 0 aliphatic carbocycles. The minimum absolute atomic E-state index is 0.0797. The number of rotatable bonds is 9. The molecule has 1 rings (SSSR count). The van der Waals surface area contributed by atoms with Crippen molar-refractivity contribution in [2.75, 3.05) is 13.2 Å². The van der Waals surface area contributed by atoms with E-state index in [1.165, 1.54) is 13.0 Å². The van der Waals surface area contributed by atoms with E-state index in [2.05, 4.69) is 11.3 Å². The second-order valence-electron chi connectivity index (χ2n) is 5.89. The lowest BCUT2D eigenvalue weighted by molar-refractivity contribution is -0.248. The Morgan fingerprint density at radius 2 is 1.72 bits per heavy atom. The zero-order valence-corrected chi connectivity index (χ0v) is 20.8. The van der Waals surface area contributed by atoms with E-state index in [9.17, 15) is 40.0 Å². The standard InChI is InChI=1S/C16H13F5I2O8S/c1-7(2)12(24)30-4-3-29-11-9(5-8(22)6-10(11)23)13(25)31-14(15(17,18)19)16(20,21)32(26,27)28/h5-6,14H,1,3-4H2,2H3,(H,26,27,28). The molecule has 0 saturated carbocycles. The van der Waals surface area contributed by atoms with Gasteiger partial charge in [-0.15, -0.1) is 0 Å². The van der Waals surface area contributed by atoms with Crippen molar-refractivity contribution in [2.24, 2.45) is 0 Å². The molecule has 0 fully saturated rings. The molecule has 0 aromatic heterocycles. The Kier molecular flexibility index (Phi) is 9.67. The van der Waals surface area contributed by atoms with Gasteiger partial charge in [-0.05, 0) is 64.2 Å². The number of carbonyl (C=O) groups excluding carboxylic acids is 2. The fraction of sp³-hybridized carbons (Fsp3) is 0.375. The normalized spacial score (nSPS) is 13.3. The fourth-order valence-electron chi connectivity index (χ4n) is 1.89. The first kappa shape index (κ1) is 28.8. The van der Waals surface area contributed by atoms with E-state index < -0.39 is 50.9 Å². The highest BCUT2D eigenvalue weighted by Crippen LogP contribution is 2.39. The van der Waals surface area contributed by atoms with Gasteiger partial charge in [0.15, 0.2) is 0 Å². The summed E-state index contributed by atoms with van der Waals surface area (Å²) in [5.41, 5.74) is -0.663. The number of halogens is 7. The first-order valence-corrected chi connectivity index (χ1v) is 11.6. The molecule has 0 bridgehead atoms. The molecule has 0 saturated heterocycles. The van der Waals surface area contributed by atoms with Crippen molar-refractivity contribution >= 4 is 67.2 Å². The summed E-state index contributed by atoms with van der Waals surface area (Å²) in [6.45, 7) is 3.98. The van der Waals surface area contributed by atoms with E-state index >= 15 is 0 Å². The Balaban J connectivity index is 3.23. The number of esters is 2. The van der Waals surface area contributed by atoms with Crippen molar-refractivity contribution in [3.63, 3.8) is 0 Å². The van der Waals surface area contributed by atoms with Crippen molar-refractivity contribution in [1.29, 1.82) is 0 Å². The van der Waals surface area contributed by atoms with Crippen LogP contribution in [0.3, 0.4) is 0 Å². The molecule has 1 aromatic rings. The zero-order valence-electron chi connectivity index (χ0n) is 15.7. The second-order valence-corrected chi connectivity index (χ2v) is 9.80. The first-order chi connectivity index (χ1) is 14.4. The number of hydrogen-bond donors (Lipinski definition) is 1. The van der Waals surface area contributed by atoms with E-state index in [0.717, 1.165) is 6.07 Å². The lowest BCUT2D eigenvalue weighted by Gasteiger charge is -2.26. The predicted octanol–water partition coefficient (Wildman–Crippen LogP) is 3.96. The molecule has 16 heteroatoms. The Hall–Kier alpha value is -1.28. The van der Waals surface area contributed by atoms with Crippen LogP contribution in [0.15, 0.2) is 24.3 Å². The van der Waals surface area contributed by atoms with E-state index in [4.69, 9.17) is 14.0 Å². The van der Waals surface area contributed by atoms with Gasteiger partial charge in [0.25, 0.3) is 6.10 Å². The second kappa shape index (κ2) is 10.8. The molecule has 1 unspecified atom stereocenters. The van der Waals surface area contributed by atoms with Crippen molar-refractivity contribution in [2.45, 2.75) is 24.5 Å². The van der Waals surface area contributed by atoms with Gasteiger partial charge in [-0.3, -0.25) is 4.55 Å². The summed E-state index contributed by atoms with van der Waals surface area (Å²) in [7, 11) is -6.59. The Labute approximate surface area is 205 Å². The monoisotopic (exact) mass is 714 g/mol. The van der Waals surface area contributed by atoms with E-state index in [0.29, 0.717) is 0 Å². The van der Waals surface area contributed by atoms with Crippen LogP contribution < -0.4 is 4.74 Å². The average Bonchev–Trinajstić information content (AvgIpc) is 2.61. The van der Waals surface area contributed by atoms with Crippen LogP contribution >= 0.6 is 45.2 Å². The van der Waals surface area contributed by atoms with Crippen molar-refractivity contribution < 1.29 is 58.7 Å². The minimum Gasteiger partial charge on any atom is -0.488 e. The molecule has 8 nitrogen and oxygen atoms in total. The summed E-state index contributed by atoms with van der Waals surface area (Å²) in [4.78, 5) is 23.6. The van der Waals surface area contributed by atoms with Crippen LogP contribution in [0.1, 0.15) is 17.3 Å². The largest absolute Gasteiger partial charge is 0.488 e. The lowest BCUT2D eigenvalue weighted by atomic mass is 10.2. The number of hydrogen-bond acceptors (Lipinski definition) is 7. The van der Waals surface area contributed by atoms with Crippen LogP contribution in [0.2, 0.25) is 0 Å². The van der Waals surface area contributed by atoms with Gasteiger partial charge >= 0.3 is 33.5 Å². The van der Waals surface area contributed by atoms with Gasteiger partial charge in [0, 0.05) is 9.14 Å². The lowest BCUT2D eigenvalue weighted by Crippen LogP contribution is -2.52. The van der Waals surface area contributed by atoms with Crippen LogP contribution in [0.25, 0.3) is 0 Å². The van der Waals surface area contributed by atoms with Crippen molar-refractivity contribution in [1.82, 2.24) is 0 Å². The van der Waals surface area contributed by atoms with Gasteiger partial charge in [-0.1, -0.05) is 6.58 Å². The minimum atomic E-state index is -6.59. The fourth-order valence-corrected chi connectivity index (χ4v) is 4.34. The van der Waals surface area contributed by atoms with Gasteiger partial charge in [-0.2, -0.15) is 30.4 Å². The van der Waals surface area contributed by atoms with Crippen LogP contribution in [0.5, 0.6) is 5.75 Å². The summed E-state index contributed by atoms with van der Waals surface area (Å²) >= 11 is 3.30. The Morgan fingerprint density at radius 1 is 1.16 bits per heavy atom. The molecule has 1 N–H and O–H groups in total. The Bertz CT molecular complexity index is 1010. The molecule has 1 aromatic carbocycles. The smallest absolute Gasteiger partial charge is 0.432 e. The molecule has 32 heavy (non-hydrogen) atoms. The third-order valence-corrected chi connectivity index (χ3v) is 5.64. The number of ether oxygens (including phenoxy) is 3. The molecular weight excluding hydrogens is 701 g/mol. The third-order valence-electron chi connectivity index (χ3n) is 3.31. The van der Waals surface area contributed by atoms with Crippen molar-refractivity contribution in [3.05, 3.63) is 37.0 Å². The molecule has 0 aliphatic heterocycles. The quantitative estimate of drug-likeness (QED) is 0.102. The maximum atomic E-state index is 13.7. The van der Waals surface area contributed by atoms with Crippen LogP contribution in [0.4, 0.5) is 22.0 Å². The van der Waals surface area contributed by atoms with Crippen LogP contribution in [0, 0.1) is 7.14 Å². The van der Waals surface area contributed by atoms with Gasteiger partial charge in [-0.25, -0.2) is 9.59 Å². The maximum absolute atomic E-state index is 13.7. The summed E-state index contributed by atoms with van der Waals surface area (Å²) in [6, 6.07) is 2.36. The van der Waals surface area contributed by atoms with Crippen LogP contribution in [-0.2, 0) is 24.4 Å². The molecule has 0 heterocycles. The average molecular weight is 714 g/mol. The van der Waals surface area contributed by atoms with Gasteiger partial charge in [0.2, 0.25) is 0 Å². The van der Waals surface area contributed by atoms with Gasteiger partial charge < -0.3 is 14.2 Å².